The molecule has 0 amide bonds. The van der Waals surface area contributed by atoms with Gasteiger partial charge in [-0.3, -0.25) is 4.79 Å². The van der Waals surface area contributed by atoms with Crippen molar-refractivity contribution in [2.24, 2.45) is 5.73 Å². The van der Waals surface area contributed by atoms with Crippen LogP contribution < -0.4 is 11.5 Å². The van der Waals surface area contributed by atoms with E-state index in [0.29, 0.717) is 11.4 Å². The Morgan fingerprint density at radius 1 is 1.60 bits per heavy atom. The fourth-order valence-corrected chi connectivity index (χ4v) is 2.05. The molecule has 0 fully saturated rings. The van der Waals surface area contributed by atoms with Crippen molar-refractivity contribution in [3.05, 3.63) is 23.8 Å². The van der Waals surface area contributed by atoms with Gasteiger partial charge in [0, 0.05) is 16.3 Å². The SMILES string of the molecule is Cc1c(N)cccc1SCC(N)C(=O)O. The molecule has 1 rings (SSSR count). The molecule has 4 nitrogen and oxygen atoms in total. The third-order valence-electron chi connectivity index (χ3n) is 2.06. The molecule has 0 spiro atoms. The normalized spacial score (nSPS) is 12.4. The molecular weight excluding hydrogens is 212 g/mol. The van der Waals surface area contributed by atoms with Crippen molar-refractivity contribution in [2.75, 3.05) is 11.5 Å². The molecule has 0 bridgehead atoms. The Kier molecular flexibility index (Phi) is 3.99. The third-order valence-corrected chi connectivity index (χ3v) is 3.34. The van der Waals surface area contributed by atoms with E-state index in [2.05, 4.69) is 0 Å². The van der Waals surface area contributed by atoms with Gasteiger partial charge in [0.2, 0.25) is 0 Å². The molecule has 0 aromatic heterocycles. The maximum absolute atomic E-state index is 10.5. The van der Waals surface area contributed by atoms with E-state index in [0.717, 1.165) is 10.5 Å². The van der Waals surface area contributed by atoms with Crippen LogP contribution in [0.5, 0.6) is 0 Å². The Morgan fingerprint density at radius 2 is 2.27 bits per heavy atom. The van der Waals surface area contributed by atoms with E-state index in [1.54, 1.807) is 0 Å². The first kappa shape index (κ1) is 11.9. The van der Waals surface area contributed by atoms with Crippen LogP contribution in [0.4, 0.5) is 5.69 Å². The van der Waals surface area contributed by atoms with E-state index in [1.165, 1.54) is 11.8 Å². The van der Waals surface area contributed by atoms with E-state index >= 15 is 0 Å². The number of thioether (sulfide) groups is 1. The lowest BCUT2D eigenvalue weighted by Crippen LogP contribution is -2.32. The molecule has 1 atom stereocenters. The Labute approximate surface area is 92.6 Å². The quantitative estimate of drug-likeness (QED) is 0.528. The maximum Gasteiger partial charge on any atom is 0.321 e. The number of rotatable bonds is 4. The van der Waals surface area contributed by atoms with Crippen molar-refractivity contribution in [3.63, 3.8) is 0 Å². The highest BCUT2D eigenvalue weighted by Gasteiger charge is 2.12. The van der Waals surface area contributed by atoms with Gasteiger partial charge in [-0.15, -0.1) is 11.8 Å². The van der Waals surface area contributed by atoms with E-state index in [9.17, 15) is 4.79 Å². The summed E-state index contributed by atoms with van der Waals surface area (Å²) in [6.45, 7) is 1.91. The summed E-state index contributed by atoms with van der Waals surface area (Å²) in [5.41, 5.74) is 12.8. The molecule has 0 aliphatic heterocycles. The fourth-order valence-electron chi connectivity index (χ4n) is 1.04. The smallest absolute Gasteiger partial charge is 0.321 e. The number of aliphatic carboxylic acids is 1. The standard InChI is InChI=1S/C10H14N2O2S/c1-6-7(11)3-2-4-9(6)15-5-8(12)10(13)14/h2-4,8H,5,11-12H2,1H3,(H,13,14). The first-order chi connectivity index (χ1) is 7.02. The molecule has 1 unspecified atom stereocenters. The highest BCUT2D eigenvalue weighted by atomic mass is 32.2. The van der Waals surface area contributed by atoms with Gasteiger partial charge in [-0.2, -0.15) is 0 Å². The Bertz CT molecular complexity index is 368. The molecule has 1 aromatic carbocycles. The molecule has 15 heavy (non-hydrogen) atoms. The summed E-state index contributed by atoms with van der Waals surface area (Å²) in [4.78, 5) is 11.5. The number of benzene rings is 1. The topological polar surface area (TPSA) is 89.3 Å². The van der Waals surface area contributed by atoms with Crippen LogP contribution in [-0.4, -0.2) is 22.9 Å². The zero-order valence-corrected chi connectivity index (χ0v) is 9.25. The number of carboxylic acids is 1. The molecule has 5 N–H and O–H groups in total. The van der Waals surface area contributed by atoms with Crippen LogP contribution in [0.3, 0.4) is 0 Å². The van der Waals surface area contributed by atoms with Crippen molar-refractivity contribution in [1.82, 2.24) is 0 Å². The molecule has 0 aliphatic rings. The third kappa shape index (κ3) is 3.14. The number of nitrogen functional groups attached to an aromatic ring is 1. The molecule has 0 saturated heterocycles. The van der Waals surface area contributed by atoms with Gasteiger partial charge in [-0.1, -0.05) is 6.07 Å². The molecule has 0 radical (unpaired) electrons. The van der Waals surface area contributed by atoms with E-state index < -0.39 is 12.0 Å². The van der Waals surface area contributed by atoms with Gasteiger partial charge in [-0.25, -0.2) is 0 Å². The summed E-state index contributed by atoms with van der Waals surface area (Å²) in [6.07, 6.45) is 0. The predicted octanol–water partition coefficient (Wildman–Crippen LogP) is 1.08. The van der Waals surface area contributed by atoms with Crippen LogP contribution >= 0.6 is 11.8 Å². The monoisotopic (exact) mass is 226 g/mol. The second-order valence-corrected chi connectivity index (χ2v) is 4.29. The lowest BCUT2D eigenvalue weighted by molar-refractivity contribution is -0.137. The van der Waals surface area contributed by atoms with Crippen molar-refractivity contribution in [1.29, 1.82) is 0 Å². The summed E-state index contributed by atoms with van der Waals surface area (Å²) >= 11 is 1.41. The minimum atomic E-state index is -0.982. The first-order valence-electron chi connectivity index (χ1n) is 4.48. The predicted molar refractivity (Wildman–Crippen MR) is 61.9 cm³/mol. The van der Waals surface area contributed by atoms with Crippen LogP contribution in [0.15, 0.2) is 23.1 Å². The largest absolute Gasteiger partial charge is 0.480 e. The highest BCUT2D eigenvalue weighted by Crippen LogP contribution is 2.26. The first-order valence-corrected chi connectivity index (χ1v) is 5.47. The van der Waals surface area contributed by atoms with Crippen LogP contribution in [0.2, 0.25) is 0 Å². The number of nitrogens with two attached hydrogens (primary N) is 2. The number of hydrogen-bond donors (Lipinski definition) is 3. The molecule has 1 aromatic rings. The van der Waals surface area contributed by atoms with Crippen molar-refractivity contribution in [3.8, 4) is 0 Å². The van der Waals surface area contributed by atoms with Crippen molar-refractivity contribution < 1.29 is 9.90 Å². The molecular formula is C10H14N2O2S. The number of anilines is 1. The second-order valence-electron chi connectivity index (χ2n) is 3.23. The highest BCUT2D eigenvalue weighted by molar-refractivity contribution is 7.99. The van der Waals surface area contributed by atoms with Gasteiger partial charge in [0.1, 0.15) is 6.04 Å². The average Bonchev–Trinajstić information content (AvgIpc) is 2.19. The summed E-state index contributed by atoms with van der Waals surface area (Å²) < 4.78 is 0. The molecule has 0 aliphatic carbocycles. The van der Waals surface area contributed by atoms with E-state index in [-0.39, 0.29) is 0 Å². The Morgan fingerprint density at radius 3 is 2.87 bits per heavy atom. The van der Waals surface area contributed by atoms with Crippen LogP contribution in [-0.2, 0) is 4.79 Å². The summed E-state index contributed by atoms with van der Waals surface area (Å²) in [5.74, 6) is -0.636. The summed E-state index contributed by atoms with van der Waals surface area (Å²) in [7, 11) is 0. The second kappa shape index (κ2) is 5.04. The molecule has 0 heterocycles. The number of carboxylic acid groups (broad SMARTS) is 1. The Balaban J connectivity index is 2.66. The van der Waals surface area contributed by atoms with Gasteiger partial charge < -0.3 is 16.6 Å². The minimum Gasteiger partial charge on any atom is -0.480 e. The van der Waals surface area contributed by atoms with Gasteiger partial charge in [0.25, 0.3) is 0 Å². The lowest BCUT2D eigenvalue weighted by Gasteiger charge is -2.09. The van der Waals surface area contributed by atoms with Gasteiger partial charge in [0.15, 0.2) is 0 Å². The van der Waals surface area contributed by atoms with Crippen LogP contribution in [0.25, 0.3) is 0 Å². The van der Waals surface area contributed by atoms with Crippen LogP contribution in [0, 0.1) is 6.92 Å². The van der Waals surface area contributed by atoms with E-state index in [4.69, 9.17) is 16.6 Å². The van der Waals surface area contributed by atoms with Crippen LogP contribution in [0.1, 0.15) is 5.56 Å². The molecule has 82 valence electrons. The van der Waals surface area contributed by atoms with Gasteiger partial charge in [0.05, 0.1) is 0 Å². The minimum absolute atomic E-state index is 0.347. The summed E-state index contributed by atoms with van der Waals surface area (Å²) in [5, 5.41) is 8.62. The van der Waals surface area contributed by atoms with E-state index in [1.807, 2.05) is 25.1 Å². The lowest BCUT2D eigenvalue weighted by atomic mass is 10.2. The molecule has 5 heteroatoms. The van der Waals surface area contributed by atoms with Gasteiger partial charge >= 0.3 is 5.97 Å². The zero-order valence-electron chi connectivity index (χ0n) is 8.43. The number of carbonyl (C=O) groups is 1. The molecule has 0 saturated carbocycles. The fraction of sp³-hybridized carbons (Fsp3) is 0.300. The van der Waals surface area contributed by atoms with Crippen molar-refractivity contribution in [2.45, 2.75) is 17.9 Å². The summed E-state index contributed by atoms with van der Waals surface area (Å²) in [6, 6.07) is 4.73. The Hall–Kier alpha value is -1.20. The van der Waals surface area contributed by atoms with Crippen molar-refractivity contribution >= 4 is 23.4 Å². The number of hydrogen-bond acceptors (Lipinski definition) is 4. The van der Waals surface area contributed by atoms with Gasteiger partial charge in [-0.05, 0) is 24.6 Å². The average molecular weight is 226 g/mol. The zero-order chi connectivity index (χ0) is 11.4. The maximum atomic E-state index is 10.5.